The molecule has 0 bridgehead atoms. The van der Waals surface area contributed by atoms with E-state index in [9.17, 15) is 4.79 Å². The quantitative estimate of drug-likeness (QED) is 0.589. The Morgan fingerprint density at radius 3 is 1.62 bits per heavy atom. The zero-order valence-electron chi connectivity index (χ0n) is 13.1. The number of nitrogens with zero attached hydrogens (tertiary/aromatic N) is 2. The topological polar surface area (TPSA) is 83.1 Å². The van der Waals surface area contributed by atoms with Gasteiger partial charge >= 0.3 is 6.16 Å². The number of ether oxygens (including phenoxy) is 2. The second-order valence-electron chi connectivity index (χ2n) is 4.99. The van der Waals surface area contributed by atoms with Crippen molar-refractivity contribution >= 4 is 6.16 Å². The van der Waals surface area contributed by atoms with Crippen LogP contribution in [-0.4, -0.2) is 6.16 Å². The smallest absolute Gasteiger partial charge is 0.394 e. The highest BCUT2D eigenvalue weighted by Gasteiger charge is 2.13. The average Bonchev–Trinajstić information content (AvgIpc) is 2.60. The third-order valence-electron chi connectivity index (χ3n) is 3.34. The van der Waals surface area contributed by atoms with Crippen LogP contribution in [0.4, 0.5) is 4.79 Å². The molecular formula is C19H16N2O3. The summed E-state index contributed by atoms with van der Waals surface area (Å²) >= 11 is 0. The van der Waals surface area contributed by atoms with E-state index in [1.165, 1.54) is 0 Å². The van der Waals surface area contributed by atoms with Crippen LogP contribution >= 0.6 is 0 Å². The van der Waals surface area contributed by atoms with Crippen LogP contribution in [0.5, 0.6) is 11.5 Å². The van der Waals surface area contributed by atoms with Crippen LogP contribution in [0.15, 0.2) is 48.5 Å². The molecule has 0 aliphatic heterocycles. The molecule has 0 aromatic heterocycles. The molecule has 0 aliphatic carbocycles. The molecule has 120 valence electrons. The molecule has 0 amide bonds. The highest BCUT2D eigenvalue weighted by Crippen LogP contribution is 2.23. The standard InChI is InChI=1S/C19H16N2O3/c20-13-5-9-15-7-1-3-11-17(15)23-19(22)24-18-12-4-2-8-16(18)10-6-14-21/h1-4,7-8,11-12H,5-6,9-10H2. The summed E-state index contributed by atoms with van der Waals surface area (Å²) in [6, 6.07) is 18.2. The minimum atomic E-state index is -0.844. The van der Waals surface area contributed by atoms with Gasteiger partial charge in [-0.2, -0.15) is 10.5 Å². The number of carbonyl (C=O) groups is 1. The second kappa shape index (κ2) is 8.97. The van der Waals surface area contributed by atoms with Gasteiger partial charge in [0, 0.05) is 12.8 Å². The molecule has 5 heteroatoms. The molecule has 0 aliphatic rings. The van der Waals surface area contributed by atoms with E-state index in [4.69, 9.17) is 20.0 Å². The third kappa shape index (κ3) is 4.86. The lowest BCUT2D eigenvalue weighted by molar-refractivity contribution is 0.151. The van der Waals surface area contributed by atoms with Crippen molar-refractivity contribution in [2.45, 2.75) is 25.7 Å². The number of benzene rings is 2. The number of para-hydroxylation sites is 2. The predicted octanol–water partition coefficient (Wildman–Crippen LogP) is 4.18. The van der Waals surface area contributed by atoms with Crippen molar-refractivity contribution in [3.05, 3.63) is 59.7 Å². The monoisotopic (exact) mass is 320 g/mol. The third-order valence-corrected chi connectivity index (χ3v) is 3.34. The van der Waals surface area contributed by atoms with Gasteiger partial charge in [0.15, 0.2) is 0 Å². The summed E-state index contributed by atoms with van der Waals surface area (Å²) in [5, 5.41) is 17.4. The van der Waals surface area contributed by atoms with E-state index in [0.29, 0.717) is 37.2 Å². The van der Waals surface area contributed by atoms with Crippen molar-refractivity contribution in [1.82, 2.24) is 0 Å². The Balaban J connectivity index is 2.07. The summed E-state index contributed by atoms with van der Waals surface area (Å²) in [5.41, 5.74) is 1.54. The maximum atomic E-state index is 12.1. The van der Waals surface area contributed by atoms with E-state index in [1.807, 2.05) is 12.1 Å². The molecule has 0 N–H and O–H groups in total. The fraction of sp³-hybridized carbons (Fsp3) is 0.211. The van der Waals surface area contributed by atoms with E-state index >= 15 is 0 Å². The van der Waals surface area contributed by atoms with Gasteiger partial charge in [-0.15, -0.1) is 0 Å². The first-order valence-corrected chi connectivity index (χ1v) is 7.54. The van der Waals surface area contributed by atoms with Gasteiger partial charge in [-0.05, 0) is 36.1 Å². The van der Waals surface area contributed by atoms with Gasteiger partial charge in [-0.1, -0.05) is 36.4 Å². The fourth-order valence-electron chi connectivity index (χ4n) is 2.20. The first-order chi connectivity index (χ1) is 11.7. The van der Waals surface area contributed by atoms with Gasteiger partial charge in [0.25, 0.3) is 0 Å². The number of aryl methyl sites for hydroxylation is 2. The molecule has 0 radical (unpaired) electrons. The molecule has 2 aromatic rings. The summed E-state index contributed by atoms with van der Waals surface area (Å²) in [6.45, 7) is 0. The Kier molecular flexibility index (Phi) is 6.37. The van der Waals surface area contributed by atoms with Crippen molar-refractivity contribution in [3.8, 4) is 23.6 Å². The van der Waals surface area contributed by atoms with Gasteiger partial charge in [-0.3, -0.25) is 0 Å². The predicted molar refractivity (Wildman–Crippen MR) is 87.4 cm³/mol. The number of carbonyl (C=O) groups excluding carboxylic acids is 1. The zero-order valence-corrected chi connectivity index (χ0v) is 13.1. The molecule has 0 atom stereocenters. The van der Waals surface area contributed by atoms with Gasteiger partial charge < -0.3 is 9.47 Å². The Labute approximate surface area is 140 Å². The average molecular weight is 320 g/mol. The fourth-order valence-corrected chi connectivity index (χ4v) is 2.20. The van der Waals surface area contributed by atoms with Crippen molar-refractivity contribution in [2.75, 3.05) is 0 Å². The minimum Gasteiger partial charge on any atom is -0.394 e. The lowest BCUT2D eigenvalue weighted by atomic mass is 10.1. The summed E-state index contributed by atoms with van der Waals surface area (Å²) < 4.78 is 10.5. The maximum Gasteiger partial charge on any atom is 0.519 e. The van der Waals surface area contributed by atoms with Crippen LogP contribution in [0.3, 0.4) is 0 Å². The lowest BCUT2D eigenvalue weighted by Crippen LogP contribution is -2.15. The lowest BCUT2D eigenvalue weighted by Gasteiger charge is -2.11. The first-order valence-electron chi connectivity index (χ1n) is 7.54. The zero-order chi connectivity index (χ0) is 17.2. The second-order valence-corrected chi connectivity index (χ2v) is 4.99. The first kappa shape index (κ1) is 17.1. The van der Waals surface area contributed by atoms with Gasteiger partial charge in [-0.25, -0.2) is 4.79 Å². The van der Waals surface area contributed by atoms with Gasteiger partial charge in [0.2, 0.25) is 0 Å². The molecule has 0 spiro atoms. The van der Waals surface area contributed by atoms with Crippen LogP contribution in [-0.2, 0) is 12.8 Å². The van der Waals surface area contributed by atoms with Crippen LogP contribution in [0.1, 0.15) is 24.0 Å². The van der Waals surface area contributed by atoms with Crippen LogP contribution < -0.4 is 9.47 Å². The van der Waals surface area contributed by atoms with E-state index in [-0.39, 0.29) is 0 Å². The van der Waals surface area contributed by atoms with Crippen LogP contribution in [0.2, 0.25) is 0 Å². The van der Waals surface area contributed by atoms with Crippen molar-refractivity contribution < 1.29 is 14.3 Å². The van der Waals surface area contributed by atoms with Gasteiger partial charge in [0.1, 0.15) is 11.5 Å². The van der Waals surface area contributed by atoms with Crippen LogP contribution in [0, 0.1) is 22.7 Å². The van der Waals surface area contributed by atoms with E-state index < -0.39 is 6.16 Å². The molecule has 2 rings (SSSR count). The Morgan fingerprint density at radius 1 is 0.792 bits per heavy atom. The normalized spacial score (nSPS) is 9.58. The minimum absolute atomic E-state index is 0.340. The summed E-state index contributed by atoms with van der Waals surface area (Å²) in [5.74, 6) is 0.763. The Bertz CT molecular complexity index is 722. The summed E-state index contributed by atoms with van der Waals surface area (Å²) in [4.78, 5) is 12.1. The van der Waals surface area contributed by atoms with E-state index in [2.05, 4.69) is 12.1 Å². The van der Waals surface area contributed by atoms with E-state index in [1.54, 1.807) is 36.4 Å². The maximum absolute atomic E-state index is 12.1. The number of hydrogen-bond acceptors (Lipinski definition) is 5. The molecule has 24 heavy (non-hydrogen) atoms. The molecule has 0 unspecified atom stereocenters. The molecule has 0 saturated carbocycles. The summed E-state index contributed by atoms with van der Waals surface area (Å²) in [6.07, 6.45) is 0.833. The summed E-state index contributed by atoms with van der Waals surface area (Å²) in [7, 11) is 0. The Hall–Kier alpha value is -3.31. The Morgan fingerprint density at radius 2 is 1.21 bits per heavy atom. The van der Waals surface area contributed by atoms with Crippen molar-refractivity contribution in [2.24, 2.45) is 0 Å². The number of hydrogen-bond donors (Lipinski definition) is 0. The van der Waals surface area contributed by atoms with Crippen LogP contribution in [0.25, 0.3) is 0 Å². The highest BCUT2D eigenvalue weighted by molar-refractivity contribution is 5.68. The number of nitriles is 2. The SMILES string of the molecule is N#CCCc1ccccc1OC(=O)Oc1ccccc1CCC#N. The van der Waals surface area contributed by atoms with Crippen molar-refractivity contribution in [3.63, 3.8) is 0 Å². The largest absolute Gasteiger partial charge is 0.519 e. The molecule has 5 nitrogen and oxygen atoms in total. The van der Waals surface area contributed by atoms with E-state index in [0.717, 1.165) is 11.1 Å². The molecule has 0 fully saturated rings. The van der Waals surface area contributed by atoms with Crippen molar-refractivity contribution in [1.29, 1.82) is 10.5 Å². The molecule has 0 heterocycles. The molecule has 2 aromatic carbocycles. The number of rotatable bonds is 6. The molecular weight excluding hydrogens is 304 g/mol. The van der Waals surface area contributed by atoms with Gasteiger partial charge in [0.05, 0.1) is 12.1 Å². The highest BCUT2D eigenvalue weighted by atomic mass is 16.7. The molecule has 0 saturated heterocycles.